The van der Waals surface area contributed by atoms with E-state index in [4.69, 9.17) is 4.42 Å². The van der Waals surface area contributed by atoms with E-state index in [0.29, 0.717) is 94.0 Å². The molecule has 0 bridgehead atoms. The number of hydrogen-bond donors (Lipinski definition) is 5. The molecule has 2 aromatic carbocycles. The van der Waals surface area contributed by atoms with Crippen LogP contribution in [0.1, 0.15) is 29.2 Å². The Bertz CT molecular complexity index is 1770. The fourth-order valence-corrected chi connectivity index (χ4v) is 7.05. The molecule has 1 amide bonds. The van der Waals surface area contributed by atoms with Crippen molar-refractivity contribution in [3.63, 3.8) is 0 Å². The number of nitrogens with zero attached hydrogens (tertiary/aromatic N) is 5. The Morgan fingerprint density at radius 3 is 1.77 bits per heavy atom. The lowest BCUT2D eigenvalue weighted by Gasteiger charge is -2.33. The van der Waals surface area contributed by atoms with Gasteiger partial charge in [-0.3, -0.25) is 38.8 Å². The first-order chi connectivity index (χ1) is 25.5. The smallest absolute Gasteiger partial charge is 0.336 e. The third kappa shape index (κ3) is 11.3. The van der Waals surface area contributed by atoms with Crippen LogP contribution >= 0.6 is 0 Å². The highest BCUT2D eigenvalue weighted by Crippen LogP contribution is 2.36. The lowest BCUT2D eigenvalue weighted by molar-refractivity contribution is -0.140. The number of nitrogens with one attached hydrogen (secondary N) is 1. The van der Waals surface area contributed by atoms with Crippen molar-refractivity contribution in [2.75, 3.05) is 103 Å². The van der Waals surface area contributed by atoms with Gasteiger partial charge in [0, 0.05) is 100 Å². The Morgan fingerprint density at radius 2 is 1.25 bits per heavy atom. The van der Waals surface area contributed by atoms with Crippen molar-refractivity contribution in [1.82, 2.24) is 24.9 Å². The molecule has 0 radical (unpaired) electrons. The van der Waals surface area contributed by atoms with E-state index >= 15 is 0 Å². The molecule has 2 aliphatic heterocycles. The van der Waals surface area contributed by atoms with Gasteiger partial charge in [0.1, 0.15) is 11.7 Å². The molecule has 5 N–H and O–H groups in total. The average molecular weight is 737 g/mol. The van der Waals surface area contributed by atoms with Gasteiger partial charge in [-0.2, -0.15) is 0 Å². The SMILES string of the molecule is O=C(O)CN1CCN(CC(=O)O)CCN(CC(=O)NCCN2CCCc3c2ccc2c(C(O)c4ccccc4)cc(=O)oc32)CCN(CC(=O)O)CC1. The third-order valence-corrected chi connectivity index (χ3v) is 9.71. The molecule has 16 heteroatoms. The summed E-state index contributed by atoms with van der Waals surface area (Å²) in [6.07, 6.45) is 0.492. The van der Waals surface area contributed by atoms with Crippen molar-refractivity contribution in [1.29, 1.82) is 0 Å². The summed E-state index contributed by atoms with van der Waals surface area (Å²) < 4.78 is 5.72. The number of aliphatic hydroxyl groups excluding tert-OH is 1. The van der Waals surface area contributed by atoms with Crippen LogP contribution in [0.2, 0.25) is 0 Å². The van der Waals surface area contributed by atoms with Crippen LogP contribution in [-0.2, 0) is 25.6 Å². The van der Waals surface area contributed by atoms with Gasteiger partial charge < -0.3 is 35.1 Å². The van der Waals surface area contributed by atoms with E-state index < -0.39 is 29.6 Å². The van der Waals surface area contributed by atoms with Crippen LogP contribution in [0.25, 0.3) is 11.0 Å². The molecule has 0 spiro atoms. The number of aryl methyl sites for hydroxylation is 1. The van der Waals surface area contributed by atoms with Gasteiger partial charge in [0.25, 0.3) is 0 Å². The highest BCUT2D eigenvalue weighted by molar-refractivity contribution is 5.89. The largest absolute Gasteiger partial charge is 0.480 e. The third-order valence-electron chi connectivity index (χ3n) is 9.71. The molecule has 1 aromatic heterocycles. The molecular weight excluding hydrogens is 688 g/mol. The molecule has 1 atom stereocenters. The van der Waals surface area contributed by atoms with Crippen molar-refractivity contribution < 1.29 is 44.0 Å². The van der Waals surface area contributed by atoms with Gasteiger partial charge in [-0.1, -0.05) is 30.3 Å². The number of carboxylic acid groups (broad SMARTS) is 3. The maximum absolute atomic E-state index is 13.2. The summed E-state index contributed by atoms with van der Waals surface area (Å²) in [5.74, 6) is -3.29. The van der Waals surface area contributed by atoms with Crippen molar-refractivity contribution in [3.05, 3.63) is 75.6 Å². The molecule has 1 fully saturated rings. The van der Waals surface area contributed by atoms with E-state index in [1.807, 2.05) is 35.2 Å². The van der Waals surface area contributed by atoms with Gasteiger partial charge in [0.2, 0.25) is 5.91 Å². The zero-order chi connectivity index (χ0) is 37.9. The second-order valence-electron chi connectivity index (χ2n) is 13.5. The van der Waals surface area contributed by atoms with Crippen LogP contribution in [0.3, 0.4) is 0 Å². The van der Waals surface area contributed by atoms with Gasteiger partial charge in [-0.05, 0) is 30.5 Å². The summed E-state index contributed by atoms with van der Waals surface area (Å²) in [6, 6.07) is 14.3. The van der Waals surface area contributed by atoms with Crippen LogP contribution in [0.4, 0.5) is 5.69 Å². The molecule has 5 rings (SSSR count). The summed E-state index contributed by atoms with van der Waals surface area (Å²) >= 11 is 0. The van der Waals surface area contributed by atoms with Gasteiger partial charge in [-0.15, -0.1) is 0 Å². The maximum atomic E-state index is 13.2. The van der Waals surface area contributed by atoms with E-state index in [0.717, 1.165) is 24.2 Å². The van der Waals surface area contributed by atoms with Crippen LogP contribution in [-0.4, -0.2) is 162 Å². The average Bonchev–Trinajstić information content (AvgIpc) is 3.11. The molecular formula is C37H48N6O10. The second kappa shape index (κ2) is 18.8. The van der Waals surface area contributed by atoms with E-state index in [-0.39, 0.29) is 32.1 Å². The predicted molar refractivity (Wildman–Crippen MR) is 195 cm³/mol. The summed E-state index contributed by atoms with van der Waals surface area (Å²) in [5, 5.41) is 43.1. The summed E-state index contributed by atoms with van der Waals surface area (Å²) in [7, 11) is 0. The van der Waals surface area contributed by atoms with Gasteiger partial charge in [-0.25, -0.2) is 4.79 Å². The normalized spacial score (nSPS) is 17.7. The fourth-order valence-electron chi connectivity index (χ4n) is 7.05. The Hall–Kier alpha value is -4.87. The maximum Gasteiger partial charge on any atom is 0.336 e. The summed E-state index contributed by atoms with van der Waals surface area (Å²) in [6.45, 7) is 3.35. The Balaban J connectivity index is 1.23. The number of hydrogen-bond acceptors (Lipinski definition) is 12. The lowest BCUT2D eigenvalue weighted by Crippen LogP contribution is -2.50. The highest BCUT2D eigenvalue weighted by atomic mass is 16.4. The number of amides is 1. The standard InChI is InChI=1S/C37H48N6O10/c44-31(22-39-13-15-40(23-32(45)46)17-19-42(25-34(49)50)20-18-41(16-14-39)24-33(47)48)38-10-12-43-11-4-7-28-30(43)9-8-27-29(21-35(51)53-37(27)28)36(52)26-5-2-1-3-6-26/h1-3,5-6,8-9,21,36,52H,4,7,10-20,22-25H2,(H,38,44)(H,45,46)(H,47,48)(H,49,50). The van der Waals surface area contributed by atoms with Crippen molar-refractivity contribution in [2.45, 2.75) is 18.9 Å². The molecule has 2 aliphatic rings. The minimum absolute atomic E-state index is 0.0197. The zero-order valence-electron chi connectivity index (χ0n) is 29.7. The molecule has 286 valence electrons. The van der Waals surface area contributed by atoms with Gasteiger partial charge >= 0.3 is 23.5 Å². The Labute approximate surface area is 306 Å². The lowest BCUT2D eigenvalue weighted by atomic mass is 9.94. The zero-order valence-corrected chi connectivity index (χ0v) is 29.7. The van der Waals surface area contributed by atoms with Gasteiger partial charge in [0.15, 0.2) is 0 Å². The molecule has 53 heavy (non-hydrogen) atoms. The quantitative estimate of drug-likeness (QED) is 0.149. The van der Waals surface area contributed by atoms with Gasteiger partial charge in [0.05, 0.1) is 26.2 Å². The molecule has 1 unspecified atom stereocenters. The van der Waals surface area contributed by atoms with E-state index in [1.54, 1.807) is 26.8 Å². The molecule has 1 saturated heterocycles. The molecule has 0 aliphatic carbocycles. The first kappa shape index (κ1) is 39.3. The number of aliphatic carboxylic acids is 3. The first-order valence-corrected chi connectivity index (χ1v) is 17.9. The Morgan fingerprint density at radius 1 is 0.717 bits per heavy atom. The van der Waals surface area contributed by atoms with Crippen molar-refractivity contribution in [2.24, 2.45) is 0 Å². The number of anilines is 1. The van der Waals surface area contributed by atoms with E-state index in [1.165, 1.54) is 6.07 Å². The number of fused-ring (bicyclic) bond motifs is 3. The first-order valence-electron chi connectivity index (χ1n) is 17.9. The number of benzene rings is 2. The molecule has 16 nitrogen and oxygen atoms in total. The van der Waals surface area contributed by atoms with Crippen LogP contribution in [0, 0.1) is 0 Å². The van der Waals surface area contributed by atoms with E-state index in [9.17, 15) is 44.4 Å². The van der Waals surface area contributed by atoms with Crippen LogP contribution < -0.4 is 15.8 Å². The molecule has 3 aromatic rings. The number of rotatable bonds is 13. The number of aliphatic hydroxyl groups is 1. The highest BCUT2D eigenvalue weighted by Gasteiger charge is 2.25. The summed E-state index contributed by atoms with van der Waals surface area (Å²) in [5.41, 5.74) is 2.83. The minimum Gasteiger partial charge on any atom is -0.480 e. The Kier molecular flexibility index (Phi) is 13.9. The minimum atomic E-state index is -1.02. The fraction of sp³-hybridized carbons (Fsp3) is 0.486. The second-order valence-corrected chi connectivity index (χ2v) is 13.5. The van der Waals surface area contributed by atoms with Crippen LogP contribution in [0.15, 0.2) is 57.7 Å². The van der Waals surface area contributed by atoms with E-state index in [2.05, 4.69) is 10.2 Å². The summed E-state index contributed by atoms with van der Waals surface area (Å²) in [4.78, 5) is 69.6. The molecule has 0 saturated carbocycles. The number of carbonyl (C=O) groups is 4. The monoisotopic (exact) mass is 736 g/mol. The number of carbonyl (C=O) groups excluding carboxylic acids is 1. The number of carboxylic acids is 3. The predicted octanol–water partition coefficient (Wildman–Crippen LogP) is 0.219. The van der Waals surface area contributed by atoms with Crippen LogP contribution in [0.5, 0.6) is 0 Å². The van der Waals surface area contributed by atoms with Crippen molar-refractivity contribution >= 4 is 40.5 Å². The molecule has 3 heterocycles. The van der Waals surface area contributed by atoms with Crippen molar-refractivity contribution in [3.8, 4) is 0 Å². The topological polar surface area (TPSA) is 208 Å².